The molecule has 140 valence electrons. The number of nitrogens with one attached hydrogen (secondary N) is 1. The second-order valence-electron chi connectivity index (χ2n) is 6.48. The van der Waals surface area contributed by atoms with Crippen LogP contribution in [-0.4, -0.2) is 39.7 Å². The van der Waals surface area contributed by atoms with E-state index in [0.29, 0.717) is 41.5 Å². The highest BCUT2D eigenvalue weighted by atomic mass is 16.5. The van der Waals surface area contributed by atoms with Gasteiger partial charge in [0.1, 0.15) is 0 Å². The van der Waals surface area contributed by atoms with E-state index in [9.17, 15) is 9.59 Å². The van der Waals surface area contributed by atoms with Crippen LogP contribution in [0, 0.1) is 0 Å². The van der Waals surface area contributed by atoms with E-state index >= 15 is 0 Å². The molecule has 7 nitrogen and oxygen atoms in total. The summed E-state index contributed by atoms with van der Waals surface area (Å²) in [6.07, 6.45) is 1.13. The average molecular weight is 368 g/mol. The Bertz CT molecular complexity index is 929. The molecular weight excluding hydrogens is 348 g/mol. The summed E-state index contributed by atoms with van der Waals surface area (Å²) in [6, 6.07) is 7.02. The molecule has 0 bridgehead atoms. The monoisotopic (exact) mass is 368 g/mol. The van der Waals surface area contributed by atoms with Gasteiger partial charge in [-0.15, -0.1) is 0 Å². The Labute approximate surface area is 156 Å². The van der Waals surface area contributed by atoms with Crippen molar-refractivity contribution in [2.45, 2.75) is 12.8 Å². The second kappa shape index (κ2) is 6.50. The molecule has 7 heteroatoms. The number of benzene rings is 2. The Morgan fingerprint density at radius 2 is 1.67 bits per heavy atom. The zero-order valence-electron chi connectivity index (χ0n) is 15.4. The van der Waals surface area contributed by atoms with E-state index in [2.05, 4.69) is 5.32 Å². The lowest BCUT2D eigenvalue weighted by molar-refractivity contribution is -0.117. The Morgan fingerprint density at radius 1 is 1.00 bits per heavy atom. The molecule has 2 amide bonds. The first kappa shape index (κ1) is 17.2. The summed E-state index contributed by atoms with van der Waals surface area (Å²) in [5, 5.41) is 2.87. The van der Waals surface area contributed by atoms with Crippen LogP contribution in [0.2, 0.25) is 0 Å². The van der Waals surface area contributed by atoms with Gasteiger partial charge in [-0.2, -0.15) is 0 Å². The van der Waals surface area contributed by atoms with Crippen molar-refractivity contribution in [3.8, 4) is 17.2 Å². The summed E-state index contributed by atoms with van der Waals surface area (Å²) in [5.41, 5.74) is 4.03. The first-order valence-electron chi connectivity index (χ1n) is 8.63. The van der Waals surface area contributed by atoms with Crippen molar-refractivity contribution in [3.05, 3.63) is 41.0 Å². The van der Waals surface area contributed by atoms with Crippen molar-refractivity contribution in [3.63, 3.8) is 0 Å². The van der Waals surface area contributed by atoms with Crippen LogP contribution in [0.3, 0.4) is 0 Å². The van der Waals surface area contributed by atoms with Gasteiger partial charge in [0, 0.05) is 29.9 Å². The van der Waals surface area contributed by atoms with E-state index in [-0.39, 0.29) is 11.8 Å². The molecule has 0 aromatic heterocycles. The van der Waals surface area contributed by atoms with Gasteiger partial charge in [0.2, 0.25) is 11.7 Å². The predicted octanol–water partition coefficient (Wildman–Crippen LogP) is 2.41. The van der Waals surface area contributed by atoms with Gasteiger partial charge in [0.15, 0.2) is 11.5 Å². The minimum atomic E-state index is -0.249. The number of carbonyl (C=O) groups is 2. The second-order valence-corrected chi connectivity index (χ2v) is 6.48. The van der Waals surface area contributed by atoms with Crippen molar-refractivity contribution < 1.29 is 23.8 Å². The molecule has 27 heavy (non-hydrogen) atoms. The number of nitrogens with zero attached hydrogens (tertiary/aromatic N) is 1. The molecule has 4 rings (SSSR count). The zero-order valence-corrected chi connectivity index (χ0v) is 15.4. The van der Waals surface area contributed by atoms with E-state index in [1.807, 2.05) is 11.0 Å². The molecule has 2 aliphatic heterocycles. The van der Waals surface area contributed by atoms with Crippen molar-refractivity contribution >= 4 is 23.2 Å². The summed E-state index contributed by atoms with van der Waals surface area (Å²) < 4.78 is 15.9. The number of hydrogen-bond acceptors (Lipinski definition) is 5. The first-order chi connectivity index (χ1) is 13.0. The van der Waals surface area contributed by atoms with Crippen LogP contribution in [0.4, 0.5) is 11.4 Å². The Balaban J connectivity index is 1.64. The third kappa shape index (κ3) is 2.75. The minimum absolute atomic E-state index is 0.103. The minimum Gasteiger partial charge on any atom is -0.493 e. The van der Waals surface area contributed by atoms with Gasteiger partial charge in [-0.05, 0) is 29.7 Å². The number of hydrogen-bond donors (Lipinski definition) is 1. The fraction of sp³-hybridized carbons (Fsp3) is 0.300. The van der Waals surface area contributed by atoms with Crippen LogP contribution in [0.25, 0.3) is 0 Å². The fourth-order valence-electron chi connectivity index (χ4n) is 3.77. The Kier molecular flexibility index (Phi) is 4.14. The lowest BCUT2D eigenvalue weighted by atomic mass is 10.0. The van der Waals surface area contributed by atoms with E-state index in [4.69, 9.17) is 14.2 Å². The van der Waals surface area contributed by atoms with Crippen molar-refractivity contribution in [1.82, 2.24) is 0 Å². The predicted molar refractivity (Wildman–Crippen MR) is 100 cm³/mol. The Hall–Kier alpha value is -3.22. The SMILES string of the molecule is COc1cc(NC(=O)c2cc3c4c(c2)CC(=O)N4CC3)cc(OC)c1OC. The van der Waals surface area contributed by atoms with Crippen LogP contribution in [0.15, 0.2) is 24.3 Å². The largest absolute Gasteiger partial charge is 0.493 e. The van der Waals surface area contributed by atoms with Gasteiger partial charge in [-0.1, -0.05) is 0 Å². The number of carbonyl (C=O) groups excluding carboxylic acids is 2. The smallest absolute Gasteiger partial charge is 0.255 e. The molecule has 0 unspecified atom stereocenters. The Morgan fingerprint density at radius 3 is 2.30 bits per heavy atom. The molecule has 2 aliphatic rings. The number of rotatable bonds is 5. The quantitative estimate of drug-likeness (QED) is 0.877. The summed E-state index contributed by atoms with van der Waals surface area (Å²) in [6.45, 7) is 0.694. The third-order valence-corrected chi connectivity index (χ3v) is 4.97. The van der Waals surface area contributed by atoms with Gasteiger partial charge in [0.05, 0.1) is 33.4 Å². The standard InChI is InChI=1S/C20H20N2O5/c1-25-15-9-14(10-16(26-2)19(15)27-3)21-20(24)13-6-11-4-5-22-17(23)8-12(7-13)18(11)22/h6-7,9-10H,4-5,8H2,1-3H3,(H,21,24). The summed E-state index contributed by atoms with van der Waals surface area (Å²) in [5.74, 6) is 1.23. The van der Waals surface area contributed by atoms with E-state index in [1.165, 1.54) is 21.3 Å². The summed E-state index contributed by atoms with van der Waals surface area (Å²) in [4.78, 5) is 26.7. The van der Waals surface area contributed by atoms with Crippen LogP contribution in [-0.2, 0) is 17.6 Å². The molecule has 0 saturated heterocycles. The number of amides is 2. The first-order valence-corrected chi connectivity index (χ1v) is 8.63. The maximum absolute atomic E-state index is 12.8. The summed E-state index contributed by atoms with van der Waals surface area (Å²) in [7, 11) is 4.57. The fourth-order valence-corrected chi connectivity index (χ4v) is 3.77. The topological polar surface area (TPSA) is 77.1 Å². The molecule has 2 heterocycles. The lowest BCUT2D eigenvalue weighted by Gasteiger charge is -2.15. The van der Waals surface area contributed by atoms with Gasteiger partial charge in [0.25, 0.3) is 5.91 Å². The highest BCUT2D eigenvalue weighted by molar-refractivity contribution is 6.08. The van der Waals surface area contributed by atoms with E-state index < -0.39 is 0 Å². The maximum atomic E-state index is 12.8. The molecule has 0 saturated carbocycles. The molecule has 2 aromatic rings. The van der Waals surface area contributed by atoms with Gasteiger partial charge in [-0.3, -0.25) is 9.59 Å². The average Bonchev–Trinajstić information content (AvgIpc) is 3.25. The highest BCUT2D eigenvalue weighted by Gasteiger charge is 2.34. The lowest BCUT2D eigenvalue weighted by Crippen LogP contribution is -2.24. The molecule has 0 fully saturated rings. The van der Waals surface area contributed by atoms with Gasteiger partial charge < -0.3 is 24.4 Å². The molecule has 2 aromatic carbocycles. The normalized spacial score (nSPS) is 14.2. The van der Waals surface area contributed by atoms with Crippen molar-refractivity contribution in [2.75, 3.05) is 38.1 Å². The molecule has 0 spiro atoms. The van der Waals surface area contributed by atoms with E-state index in [1.54, 1.807) is 18.2 Å². The van der Waals surface area contributed by atoms with Gasteiger partial charge in [-0.25, -0.2) is 0 Å². The number of methoxy groups -OCH3 is 3. The van der Waals surface area contributed by atoms with Crippen LogP contribution >= 0.6 is 0 Å². The molecule has 0 atom stereocenters. The molecule has 1 N–H and O–H groups in total. The number of ether oxygens (including phenoxy) is 3. The summed E-state index contributed by atoms with van der Waals surface area (Å²) >= 11 is 0. The maximum Gasteiger partial charge on any atom is 0.255 e. The molecule has 0 aliphatic carbocycles. The third-order valence-electron chi connectivity index (χ3n) is 4.97. The molecule has 0 radical (unpaired) electrons. The highest BCUT2D eigenvalue weighted by Crippen LogP contribution is 2.41. The van der Waals surface area contributed by atoms with E-state index in [0.717, 1.165) is 23.2 Å². The van der Waals surface area contributed by atoms with Crippen LogP contribution in [0.5, 0.6) is 17.2 Å². The van der Waals surface area contributed by atoms with Gasteiger partial charge >= 0.3 is 0 Å². The number of anilines is 2. The van der Waals surface area contributed by atoms with Crippen molar-refractivity contribution in [2.24, 2.45) is 0 Å². The molecular formula is C20H20N2O5. The van der Waals surface area contributed by atoms with Crippen molar-refractivity contribution in [1.29, 1.82) is 0 Å². The zero-order chi connectivity index (χ0) is 19.1. The van der Waals surface area contributed by atoms with Crippen LogP contribution in [0.1, 0.15) is 21.5 Å². The van der Waals surface area contributed by atoms with Crippen LogP contribution < -0.4 is 24.4 Å².